The Labute approximate surface area is 105 Å². The normalized spacial score (nSPS) is 23.6. The predicted octanol–water partition coefficient (Wildman–Crippen LogP) is 0.586. The number of hydrazine groups is 2. The maximum atomic E-state index is 12.0. The number of nitrogens with zero attached hydrogens (tertiary/aromatic N) is 2. The van der Waals surface area contributed by atoms with E-state index in [1.54, 1.807) is 8.12 Å². The molecule has 7 heteroatoms. The van der Waals surface area contributed by atoms with Crippen LogP contribution in [-0.4, -0.2) is 19.9 Å². The second kappa shape index (κ2) is 3.22. The zero-order chi connectivity index (χ0) is 13.2. The zero-order valence-electron chi connectivity index (χ0n) is 11.0. The summed E-state index contributed by atoms with van der Waals surface area (Å²) in [4.78, 5) is 24.0. The molecule has 2 aliphatic heterocycles. The Morgan fingerprint density at radius 1 is 0.824 bits per heavy atom. The number of carbonyl (C=O) groups is 2. The van der Waals surface area contributed by atoms with E-state index >= 15 is 0 Å². The molecule has 2 amide bonds. The van der Waals surface area contributed by atoms with Gasteiger partial charge in [0.2, 0.25) is 0 Å². The van der Waals surface area contributed by atoms with Gasteiger partial charge in [0.25, 0.3) is 0 Å². The number of carbonyl (C=O) groups excluding carboxylic acids is 2. The van der Waals surface area contributed by atoms with Crippen LogP contribution in [0, 0.1) is 10.8 Å². The van der Waals surface area contributed by atoms with Gasteiger partial charge in [-0.05, 0) is 0 Å². The number of nitrogens with one attached hydrogen (secondary N) is 2. The molecule has 2 fully saturated rings. The SMILES string of the molecule is CC(C)(C)C(=O)[N]1[NH][Co]12[NH][N]2C(=O)C(C)(C)C. The van der Waals surface area contributed by atoms with Gasteiger partial charge in [-0.3, -0.25) is 0 Å². The van der Waals surface area contributed by atoms with Crippen LogP contribution in [0.2, 0.25) is 0 Å². The Hall–Kier alpha value is -0.634. The zero-order valence-corrected chi connectivity index (χ0v) is 12.1. The monoisotopic (exact) mass is 287 g/mol. The molecule has 17 heavy (non-hydrogen) atoms. The molecule has 2 rings (SSSR count). The molecule has 0 saturated carbocycles. The molecule has 0 unspecified atom stereocenters. The van der Waals surface area contributed by atoms with Gasteiger partial charge in [-0.25, -0.2) is 0 Å². The Balaban J connectivity index is 2.02. The summed E-state index contributed by atoms with van der Waals surface area (Å²) in [6, 6.07) is 0. The number of hydrogen-bond acceptors (Lipinski definition) is 4. The molecular formula is C10H20CoN4O2. The molecule has 6 nitrogen and oxygen atoms in total. The summed E-state index contributed by atoms with van der Waals surface area (Å²) in [5.41, 5.74) is -0.867. The van der Waals surface area contributed by atoms with Gasteiger partial charge in [0.15, 0.2) is 0 Å². The van der Waals surface area contributed by atoms with E-state index in [-0.39, 0.29) is 11.8 Å². The fourth-order valence-corrected chi connectivity index (χ4v) is 4.19. The summed E-state index contributed by atoms with van der Waals surface area (Å²) in [7, 11) is 0. The summed E-state index contributed by atoms with van der Waals surface area (Å²) in [5.74, 6) is 0.0309. The van der Waals surface area contributed by atoms with E-state index in [0.717, 1.165) is 0 Å². The first-order valence-electron chi connectivity index (χ1n) is 5.43. The van der Waals surface area contributed by atoms with E-state index < -0.39 is 24.3 Å². The molecule has 2 N–H and O–H groups in total. The molecular weight excluding hydrogens is 267 g/mol. The Morgan fingerprint density at radius 2 is 1.12 bits per heavy atom. The molecule has 0 aromatic rings. The number of amides is 2. The Kier molecular flexibility index (Phi) is 2.43. The van der Waals surface area contributed by atoms with Crippen molar-refractivity contribution in [3.63, 3.8) is 0 Å². The fraction of sp³-hybridized carbons (Fsp3) is 0.800. The van der Waals surface area contributed by atoms with Crippen molar-refractivity contribution < 1.29 is 23.1 Å². The minimum absolute atomic E-state index is 0.0155. The van der Waals surface area contributed by atoms with Crippen molar-refractivity contribution in [1.29, 1.82) is 0 Å². The molecule has 0 radical (unpaired) electrons. The van der Waals surface area contributed by atoms with Crippen molar-refractivity contribution in [3.05, 3.63) is 0 Å². The summed E-state index contributed by atoms with van der Waals surface area (Å²) in [6.45, 7) is 11.2. The van der Waals surface area contributed by atoms with E-state index in [9.17, 15) is 9.59 Å². The minimum atomic E-state index is -1.93. The van der Waals surface area contributed by atoms with E-state index in [1.807, 2.05) is 41.5 Å². The molecule has 0 bridgehead atoms. The third-order valence-electron chi connectivity index (χ3n) is 2.34. The fourth-order valence-electron chi connectivity index (χ4n) is 1.12. The molecule has 2 heterocycles. The van der Waals surface area contributed by atoms with Crippen molar-refractivity contribution in [2.24, 2.45) is 10.8 Å². The summed E-state index contributed by atoms with van der Waals surface area (Å²) >= 11 is -1.93. The molecule has 2 saturated heterocycles. The standard InChI is InChI=1S/2C5H10N2O.Co/c2*1-5(2,3)4(8)7-6;/h2*6H,1-3H3;/q2*-2;+4. The van der Waals surface area contributed by atoms with Crippen molar-refractivity contribution >= 4 is 11.8 Å². The number of hydrogen-bond donors (Lipinski definition) is 2. The first-order chi connectivity index (χ1) is 7.50. The average molecular weight is 287 g/mol. The molecule has 0 aromatic carbocycles. The van der Waals surface area contributed by atoms with Crippen LogP contribution >= 0.6 is 0 Å². The van der Waals surface area contributed by atoms with Gasteiger partial charge < -0.3 is 0 Å². The summed E-state index contributed by atoms with van der Waals surface area (Å²) in [5, 5.41) is 0. The van der Waals surface area contributed by atoms with Gasteiger partial charge in [-0.2, -0.15) is 0 Å². The van der Waals surface area contributed by atoms with Gasteiger partial charge >= 0.3 is 104 Å². The van der Waals surface area contributed by atoms with Gasteiger partial charge in [0, 0.05) is 0 Å². The van der Waals surface area contributed by atoms with E-state index in [2.05, 4.69) is 8.95 Å². The van der Waals surface area contributed by atoms with Crippen LogP contribution in [-0.2, 0) is 23.1 Å². The quantitative estimate of drug-likeness (QED) is 0.639. The topological polar surface area (TPSA) is 84.0 Å². The van der Waals surface area contributed by atoms with Crippen LogP contribution in [0.3, 0.4) is 0 Å². The second-order valence-corrected chi connectivity index (χ2v) is 9.03. The van der Waals surface area contributed by atoms with Crippen LogP contribution in [0.4, 0.5) is 0 Å². The van der Waals surface area contributed by atoms with Gasteiger partial charge in [0.05, 0.1) is 0 Å². The summed E-state index contributed by atoms with van der Waals surface area (Å²) < 4.78 is 9.19. The van der Waals surface area contributed by atoms with Crippen molar-refractivity contribution in [2.75, 3.05) is 0 Å². The van der Waals surface area contributed by atoms with Crippen LogP contribution in [0.25, 0.3) is 0 Å². The average Bonchev–Trinajstić information content (AvgIpc) is 3.01. The van der Waals surface area contributed by atoms with Gasteiger partial charge in [-0.15, -0.1) is 0 Å². The summed E-state index contributed by atoms with van der Waals surface area (Å²) in [6.07, 6.45) is 0. The van der Waals surface area contributed by atoms with Crippen molar-refractivity contribution in [1.82, 2.24) is 17.1 Å². The van der Waals surface area contributed by atoms with Crippen LogP contribution in [0.15, 0.2) is 0 Å². The maximum absolute atomic E-state index is 12.0. The first-order valence-corrected chi connectivity index (χ1v) is 7.41. The van der Waals surface area contributed by atoms with Crippen LogP contribution in [0.1, 0.15) is 41.5 Å². The second-order valence-electron chi connectivity index (χ2n) is 6.23. The molecule has 0 atom stereocenters. The number of rotatable bonds is 0. The van der Waals surface area contributed by atoms with E-state index in [4.69, 9.17) is 0 Å². The third kappa shape index (κ3) is 1.97. The Morgan fingerprint density at radius 3 is 1.35 bits per heavy atom. The third-order valence-corrected chi connectivity index (χ3v) is 5.02. The Bertz CT molecular complexity index is 358. The van der Waals surface area contributed by atoms with Gasteiger partial charge in [-0.1, -0.05) is 0 Å². The van der Waals surface area contributed by atoms with Crippen molar-refractivity contribution in [2.45, 2.75) is 41.5 Å². The molecule has 0 aromatic heterocycles. The van der Waals surface area contributed by atoms with E-state index in [1.165, 1.54) is 0 Å². The molecule has 101 valence electrons. The van der Waals surface area contributed by atoms with Gasteiger partial charge in [0.1, 0.15) is 0 Å². The van der Waals surface area contributed by atoms with Crippen LogP contribution in [0.5, 0.6) is 0 Å². The van der Waals surface area contributed by atoms with Crippen molar-refractivity contribution in [3.8, 4) is 0 Å². The first kappa shape index (κ1) is 12.8. The predicted molar refractivity (Wildman–Crippen MR) is 58.9 cm³/mol. The van der Waals surface area contributed by atoms with Crippen LogP contribution < -0.4 is 8.95 Å². The molecule has 1 spiro atoms. The molecule has 0 aliphatic carbocycles. The van der Waals surface area contributed by atoms with E-state index in [0.29, 0.717) is 0 Å². The molecule has 2 aliphatic rings.